The molecule has 118 valence electrons. The van der Waals surface area contributed by atoms with E-state index in [1.807, 2.05) is 0 Å². The van der Waals surface area contributed by atoms with Gasteiger partial charge in [0.2, 0.25) is 10.0 Å². The molecule has 1 aliphatic carbocycles. The van der Waals surface area contributed by atoms with Crippen molar-refractivity contribution in [3.8, 4) is 0 Å². The van der Waals surface area contributed by atoms with Crippen LogP contribution in [0.25, 0.3) is 0 Å². The van der Waals surface area contributed by atoms with E-state index in [2.05, 4.69) is 9.62 Å². The summed E-state index contributed by atoms with van der Waals surface area (Å²) in [6.07, 6.45) is 6.08. The molecular formula is C14H28N2O3S. The van der Waals surface area contributed by atoms with Gasteiger partial charge in [-0.1, -0.05) is 12.8 Å². The monoisotopic (exact) mass is 304 g/mol. The second kappa shape index (κ2) is 7.20. The van der Waals surface area contributed by atoms with Crippen LogP contribution in [0.5, 0.6) is 0 Å². The maximum absolute atomic E-state index is 12.0. The number of hydrogen-bond acceptors (Lipinski definition) is 4. The number of hydrogen-bond donors (Lipinski definition) is 1. The molecule has 1 N–H and O–H groups in total. The Morgan fingerprint density at radius 2 is 2.00 bits per heavy atom. The molecule has 20 heavy (non-hydrogen) atoms. The van der Waals surface area contributed by atoms with Crippen molar-refractivity contribution in [2.75, 3.05) is 32.5 Å². The van der Waals surface area contributed by atoms with E-state index in [9.17, 15) is 8.42 Å². The molecule has 0 aromatic heterocycles. The van der Waals surface area contributed by atoms with Crippen LogP contribution in [0.15, 0.2) is 0 Å². The molecular weight excluding hydrogens is 276 g/mol. The molecule has 1 heterocycles. The fourth-order valence-corrected chi connectivity index (χ4v) is 4.88. The van der Waals surface area contributed by atoms with Gasteiger partial charge in [-0.2, -0.15) is 0 Å². The minimum atomic E-state index is -3.23. The van der Waals surface area contributed by atoms with E-state index in [-0.39, 0.29) is 17.9 Å². The molecule has 2 rings (SSSR count). The summed E-state index contributed by atoms with van der Waals surface area (Å²) >= 11 is 0. The number of nitrogens with zero attached hydrogens (tertiary/aromatic N) is 1. The van der Waals surface area contributed by atoms with Gasteiger partial charge >= 0.3 is 0 Å². The fraction of sp³-hybridized carbons (Fsp3) is 1.00. The van der Waals surface area contributed by atoms with Gasteiger partial charge < -0.3 is 9.64 Å². The van der Waals surface area contributed by atoms with Gasteiger partial charge in [-0.05, 0) is 38.6 Å². The Hall–Kier alpha value is -0.170. The van der Waals surface area contributed by atoms with E-state index in [0.29, 0.717) is 0 Å². The number of rotatable bonds is 7. The molecule has 1 saturated heterocycles. The predicted octanol–water partition coefficient (Wildman–Crippen LogP) is 1.21. The van der Waals surface area contributed by atoms with Crippen LogP contribution < -0.4 is 4.72 Å². The summed E-state index contributed by atoms with van der Waals surface area (Å²) in [4.78, 5) is 2.42. The number of ether oxygens (including phenoxy) is 1. The molecule has 2 atom stereocenters. The van der Waals surface area contributed by atoms with Crippen molar-refractivity contribution >= 4 is 10.0 Å². The fourth-order valence-electron chi connectivity index (χ4n) is 3.33. The zero-order valence-corrected chi connectivity index (χ0v) is 13.5. The van der Waals surface area contributed by atoms with Crippen LogP contribution in [0.3, 0.4) is 0 Å². The zero-order chi connectivity index (χ0) is 14.6. The van der Waals surface area contributed by atoms with Gasteiger partial charge in [0.25, 0.3) is 0 Å². The Labute approximate surface area is 123 Å². The molecule has 2 fully saturated rings. The lowest BCUT2D eigenvalue weighted by atomic mass is 10.1. The van der Waals surface area contributed by atoms with E-state index in [0.717, 1.165) is 32.0 Å². The molecule has 0 bridgehead atoms. The second-order valence-corrected chi connectivity index (χ2v) is 8.14. The Bertz CT molecular complexity index is 393. The van der Waals surface area contributed by atoms with Gasteiger partial charge in [-0.15, -0.1) is 0 Å². The summed E-state index contributed by atoms with van der Waals surface area (Å²) in [5.74, 6) is 0.877. The van der Waals surface area contributed by atoms with Crippen LogP contribution in [0.2, 0.25) is 0 Å². The average molecular weight is 304 g/mol. The zero-order valence-electron chi connectivity index (χ0n) is 12.7. The third kappa shape index (κ3) is 4.98. The molecule has 2 aliphatic rings. The third-order valence-electron chi connectivity index (χ3n) is 4.47. The van der Waals surface area contributed by atoms with Crippen LogP contribution in [0.4, 0.5) is 0 Å². The van der Waals surface area contributed by atoms with Crippen molar-refractivity contribution in [1.82, 2.24) is 9.62 Å². The summed E-state index contributed by atoms with van der Waals surface area (Å²) in [5.41, 5.74) is 0. The molecule has 1 saturated carbocycles. The number of likely N-dealkylation sites (tertiary alicyclic amines) is 1. The molecule has 6 heteroatoms. The van der Waals surface area contributed by atoms with E-state index < -0.39 is 10.0 Å². The van der Waals surface area contributed by atoms with E-state index in [1.54, 1.807) is 14.0 Å². The van der Waals surface area contributed by atoms with Crippen molar-refractivity contribution in [1.29, 1.82) is 0 Å². The highest BCUT2D eigenvalue weighted by atomic mass is 32.2. The van der Waals surface area contributed by atoms with E-state index >= 15 is 0 Å². The minimum Gasteiger partial charge on any atom is -0.381 e. The molecule has 0 spiro atoms. The largest absolute Gasteiger partial charge is 0.381 e. The molecule has 0 unspecified atom stereocenters. The first-order valence-corrected chi connectivity index (χ1v) is 9.39. The van der Waals surface area contributed by atoms with E-state index in [4.69, 9.17) is 4.74 Å². The molecule has 1 aliphatic heterocycles. The van der Waals surface area contributed by atoms with Gasteiger partial charge in [-0.3, -0.25) is 0 Å². The van der Waals surface area contributed by atoms with Crippen molar-refractivity contribution in [2.45, 2.75) is 51.2 Å². The standard InChI is InChI=1S/C14H28N2O3S/c1-12(19-2)11-20(17,18)15-14-7-8-16(10-14)9-13-5-3-4-6-13/h12-15H,3-11H2,1-2H3/t12-,14+/m1/s1. The van der Waals surface area contributed by atoms with Crippen molar-refractivity contribution in [2.24, 2.45) is 5.92 Å². The lowest BCUT2D eigenvalue weighted by Gasteiger charge is -2.20. The summed E-state index contributed by atoms with van der Waals surface area (Å²) < 4.78 is 31.9. The maximum Gasteiger partial charge on any atom is 0.214 e. The highest BCUT2D eigenvalue weighted by Gasteiger charge is 2.29. The Kier molecular flexibility index (Phi) is 5.84. The van der Waals surface area contributed by atoms with Crippen molar-refractivity contribution in [3.63, 3.8) is 0 Å². The first-order chi connectivity index (χ1) is 9.48. The molecule has 0 aromatic rings. The quantitative estimate of drug-likeness (QED) is 0.768. The van der Waals surface area contributed by atoms with Gasteiger partial charge in [0.15, 0.2) is 0 Å². The summed E-state index contributed by atoms with van der Waals surface area (Å²) in [7, 11) is -1.69. The van der Waals surface area contributed by atoms with E-state index in [1.165, 1.54) is 25.7 Å². The van der Waals surface area contributed by atoms with Crippen LogP contribution in [0, 0.1) is 5.92 Å². The lowest BCUT2D eigenvalue weighted by Crippen LogP contribution is -2.41. The Morgan fingerprint density at radius 3 is 2.65 bits per heavy atom. The van der Waals surface area contributed by atoms with Crippen LogP contribution in [-0.4, -0.2) is 58.0 Å². The first kappa shape index (κ1) is 16.2. The SMILES string of the molecule is CO[C@H](C)CS(=O)(=O)N[C@H]1CCN(CC2CCCC2)C1. The topological polar surface area (TPSA) is 58.6 Å². The lowest BCUT2D eigenvalue weighted by molar-refractivity contribution is 0.136. The Morgan fingerprint density at radius 1 is 1.30 bits per heavy atom. The van der Waals surface area contributed by atoms with Crippen LogP contribution >= 0.6 is 0 Å². The first-order valence-electron chi connectivity index (χ1n) is 7.73. The number of methoxy groups -OCH3 is 1. The summed E-state index contributed by atoms with van der Waals surface area (Å²) in [5, 5.41) is 0. The van der Waals surface area contributed by atoms with Crippen LogP contribution in [0.1, 0.15) is 39.0 Å². The van der Waals surface area contributed by atoms with Crippen molar-refractivity contribution in [3.05, 3.63) is 0 Å². The smallest absolute Gasteiger partial charge is 0.214 e. The van der Waals surface area contributed by atoms with Gasteiger partial charge in [0.1, 0.15) is 0 Å². The predicted molar refractivity (Wildman–Crippen MR) is 80.2 cm³/mol. The maximum atomic E-state index is 12.0. The van der Waals surface area contributed by atoms with Crippen molar-refractivity contribution < 1.29 is 13.2 Å². The number of nitrogens with one attached hydrogen (secondary N) is 1. The second-order valence-electron chi connectivity index (χ2n) is 6.34. The van der Waals surface area contributed by atoms with Gasteiger partial charge in [-0.25, -0.2) is 13.1 Å². The average Bonchev–Trinajstić information content (AvgIpc) is 3.00. The van der Waals surface area contributed by atoms with Crippen LogP contribution in [-0.2, 0) is 14.8 Å². The molecule has 0 amide bonds. The Balaban J connectivity index is 1.74. The normalized spacial score (nSPS) is 27.2. The molecule has 0 aromatic carbocycles. The molecule has 0 radical (unpaired) electrons. The minimum absolute atomic E-state index is 0.0443. The third-order valence-corrected chi connectivity index (χ3v) is 6.07. The highest BCUT2D eigenvalue weighted by Crippen LogP contribution is 2.26. The van der Waals surface area contributed by atoms with Gasteiger partial charge in [0.05, 0.1) is 11.9 Å². The summed E-state index contributed by atoms with van der Waals surface area (Å²) in [6.45, 7) is 4.80. The summed E-state index contributed by atoms with van der Waals surface area (Å²) in [6, 6.07) is 0.0745. The number of sulfonamides is 1. The highest BCUT2D eigenvalue weighted by molar-refractivity contribution is 7.89. The molecule has 5 nitrogen and oxygen atoms in total. The van der Waals surface area contributed by atoms with Gasteiger partial charge in [0, 0.05) is 26.2 Å².